The molecule has 0 saturated carbocycles. The van der Waals surface area contributed by atoms with E-state index in [9.17, 15) is 4.79 Å². The molecule has 2 heterocycles. The zero-order chi connectivity index (χ0) is 15.0. The number of benzene rings is 1. The van der Waals surface area contributed by atoms with Gasteiger partial charge in [-0.1, -0.05) is 18.6 Å². The topological polar surface area (TPSA) is 20.3 Å². The Bertz CT molecular complexity index is 679. The summed E-state index contributed by atoms with van der Waals surface area (Å²) in [5.41, 5.74) is 3.22. The van der Waals surface area contributed by atoms with Gasteiger partial charge in [0.05, 0.1) is 11.6 Å². The molecule has 1 aliphatic heterocycles. The fraction of sp³-hybridized carbons (Fsp3) is 0.353. The average Bonchev–Trinajstić information content (AvgIpc) is 2.96. The summed E-state index contributed by atoms with van der Waals surface area (Å²) >= 11 is 5.33. The Labute approximate surface area is 137 Å². The van der Waals surface area contributed by atoms with E-state index in [4.69, 9.17) is 0 Å². The maximum Gasteiger partial charge on any atom is 0.255 e. The normalized spacial score (nSPS) is 17.7. The third-order valence-corrected chi connectivity index (χ3v) is 5.78. The minimum Gasteiger partial charge on any atom is -0.331 e. The number of rotatable bonds is 2. The lowest BCUT2D eigenvalue weighted by Crippen LogP contribution is -2.39. The van der Waals surface area contributed by atoms with E-state index < -0.39 is 0 Å². The first-order valence-electron chi connectivity index (χ1n) is 7.25. The van der Waals surface area contributed by atoms with Crippen LogP contribution in [0.2, 0.25) is 0 Å². The monoisotopic (exact) mass is 363 g/mol. The Morgan fingerprint density at radius 2 is 2.24 bits per heavy atom. The minimum atomic E-state index is 0.134. The van der Waals surface area contributed by atoms with Crippen LogP contribution in [0.4, 0.5) is 0 Å². The Hall–Kier alpha value is -1.13. The molecule has 0 fully saturated rings. The SMILES string of the molecule is CCC1c2ccsc2CCN1C(=O)c1cc(C)ccc1Br. The lowest BCUT2D eigenvalue weighted by atomic mass is 9.96. The maximum atomic E-state index is 13.0. The van der Waals surface area contributed by atoms with Crippen LogP contribution in [0.25, 0.3) is 0 Å². The molecule has 3 rings (SSSR count). The van der Waals surface area contributed by atoms with Crippen molar-refractivity contribution in [3.8, 4) is 0 Å². The number of nitrogens with zero attached hydrogens (tertiary/aromatic N) is 1. The van der Waals surface area contributed by atoms with Crippen molar-refractivity contribution >= 4 is 33.2 Å². The molecule has 1 aliphatic rings. The number of hydrogen-bond acceptors (Lipinski definition) is 2. The Morgan fingerprint density at radius 1 is 1.43 bits per heavy atom. The highest BCUT2D eigenvalue weighted by molar-refractivity contribution is 9.10. The van der Waals surface area contributed by atoms with Crippen molar-refractivity contribution in [1.29, 1.82) is 0 Å². The maximum absolute atomic E-state index is 13.0. The van der Waals surface area contributed by atoms with Crippen LogP contribution >= 0.6 is 27.3 Å². The average molecular weight is 364 g/mol. The third-order valence-electron chi connectivity index (χ3n) is 4.09. The van der Waals surface area contributed by atoms with E-state index in [1.54, 1.807) is 0 Å². The largest absolute Gasteiger partial charge is 0.331 e. The summed E-state index contributed by atoms with van der Waals surface area (Å²) in [5.74, 6) is 0.134. The standard InChI is InChI=1S/C17H18BrNOS/c1-3-15-12-7-9-21-16(12)6-8-19(15)17(20)13-10-11(2)4-5-14(13)18/h4-5,7,9-10,15H,3,6,8H2,1-2H3. The molecule has 1 aromatic heterocycles. The molecule has 0 spiro atoms. The van der Waals surface area contributed by atoms with Crippen molar-refractivity contribution in [2.75, 3.05) is 6.54 Å². The molecule has 1 amide bonds. The zero-order valence-corrected chi connectivity index (χ0v) is 14.6. The number of carbonyl (C=O) groups excluding carboxylic acids is 1. The van der Waals surface area contributed by atoms with Gasteiger partial charge in [-0.25, -0.2) is 0 Å². The molecule has 1 unspecified atom stereocenters. The molecule has 1 atom stereocenters. The van der Waals surface area contributed by atoms with Gasteiger partial charge in [-0.2, -0.15) is 0 Å². The van der Waals surface area contributed by atoms with Crippen LogP contribution in [-0.4, -0.2) is 17.4 Å². The Balaban J connectivity index is 1.96. The van der Waals surface area contributed by atoms with Gasteiger partial charge in [0.15, 0.2) is 0 Å². The van der Waals surface area contributed by atoms with Crippen LogP contribution in [-0.2, 0) is 6.42 Å². The number of fused-ring (bicyclic) bond motifs is 1. The number of carbonyl (C=O) groups is 1. The van der Waals surface area contributed by atoms with Gasteiger partial charge in [0.25, 0.3) is 5.91 Å². The second-order valence-corrected chi connectivity index (χ2v) is 7.31. The summed E-state index contributed by atoms with van der Waals surface area (Å²) in [5, 5.41) is 2.14. The van der Waals surface area contributed by atoms with Gasteiger partial charge in [0.2, 0.25) is 0 Å². The molecule has 0 bridgehead atoms. The molecule has 4 heteroatoms. The van der Waals surface area contributed by atoms with E-state index >= 15 is 0 Å². The van der Waals surface area contributed by atoms with Gasteiger partial charge in [0, 0.05) is 15.9 Å². The van der Waals surface area contributed by atoms with Crippen molar-refractivity contribution in [2.45, 2.75) is 32.7 Å². The fourth-order valence-corrected chi connectivity index (χ4v) is 4.38. The van der Waals surface area contributed by atoms with Crippen LogP contribution in [0, 0.1) is 6.92 Å². The molecule has 21 heavy (non-hydrogen) atoms. The number of hydrogen-bond donors (Lipinski definition) is 0. The van der Waals surface area contributed by atoms with Crippen LogP contribution < -0.4 is 0 Å². The van der Waals surface area contributed by atoms with Crippen molar-refractivity contribution < 1.29 is 4.79 Å². The van der Waals surface area contributed by atoms with E-state index in [0.717, 1.165) is 35.0 Å². The molecule has 2 aromatic rings. The van der Waals surface area contributed by atoms with Gasteiger partial charge in [-0.15, -0.1) is 11.3 Å². The molecule has 110 valence electrons. The van der Waals surface area contributed by atoms with E-state index in [2.05, 4.69) is 34.3 Å². The summed E-state index contributed by atoms with van der Waals surface area (Å²) in [6.45, 7) is 4.99. The van der Waals surface area contributed by atoms with Gasteiger partial charge < -0.3 is 4.90 Å². The second kappa shape index (κ2) is 5.93. The number of amides is 1. The molecule has 2 nitrogen and oxygen atoms in total. The minimum absolute atomic E-state index is 0.134. The van der Waals surface area contributed by atoms with E-state index in [-0.39, 0.29) is 11.9 Å². The molecule has 0 radical (unpaired) electrons. The highest BCUT2D eigenvalue weighted by atomic mass is 79.9. The van der Waals surface area contributed by atoms with Crippen molar-refractivity contribution in [2.24, 2.45) is 0 Å². The van der Waals surface area contributed by atoms with Crippen molar-refractivity contribution in [3.63, 3.8) is 0 Å². The lowest BCUT2D eigenvalue weighted by molar-refractivity contribution is 0.0656. The first-order chi connectivity index (χ1) is 10.1. The first-order valence-corrected chi connectivity index (χ1v) is 8.92. The third kappa shape index (κ3) is 2.67. The number of thiophene rings is 1. The summed E-state index contributed by atoms with van der Waals surface area (Å²) in [6.07, 6.45) is 1.93. The van der Waals surface area contributed by atoms with Crippen LogP contribution in [0.1, 0.15) is 45.7 Å². The molecule has 1 aromatic carbocycles. The predicted molar refractivity (Wildman–Crippen MR) is 91.0 cm³/mol. The second-order valence-electron chi connectivity index (χ2n) is 5.46. The number of halogens is 1. The smallest absolute Gasteiger partial charge is 0.255 e. The van der Waals surface area contributed by atoms with Gasteiger partial charge in [0.1, 0.15) is 0 Å². The van der Waals surface area contributed by atoms with E-state index in [0.29, 0.717) is 0 Å². The number of aryl methyl sites for hydroxylation is 1. The summed E-state index contributed by atoms with van der Waals surface area (Å²) < 4.78 is 0.879. The lowest BCUT2D eigenvalue weighted by Gasteiger charge is -2.35. The Kier molecular flexibility index (Phi) is 4.18. The quantitative estimate of drug-likeness (QED) is 0.737. The van der Waals surface area contributed by atoms with Gasteiger partial charge in [-0.05, 0) is 64.8 Å². The van der Waals surface area contributed by atoms with Crippen LogP contribution in [0.5, 0.6) is 0 Å². The molecule has 0 aliphatic carbocycles. The highest BCUT2D eigenvalue weighted by Crippen LogP contribution is 2.36. The molecule has 0 N–H and O–H groups in total. The van der Waals surface area contributed by atoms with Gasteiger partial charge >= 0.3 is 0 Å². The van der Waals surface area contributed by atoms with Crippen molar-refractivity contribution in [3.05, 3.63) is 55.7 Å². The molecular formula is C17H18BrNOS. The summed E-state index contributed by atoms with van der Waals surface area (Å²) in [7, 11) is 0. The van der Waals surface area contributed by atoms with Crippen molar-refractivity contribution in [1.82, 2.24) is 4.90 Å². The van der Waals surface area contributed by atoms with Crippen LogP contribution in [0.3, 0.4) is 0 Å². The zero-order valence-electron chi connectivity index (χ0n) is 12.2. The van der Waals surface area contributed by atoms with Gasteiger partial charge in [-0.3, -0.25) is 4.79 Å². The molecule has 0 saturated heterocycles. The molecular weight excluding hydrogens is 346 g/mol. The van der Waals surface area contributed by atoms with Crippen LogP contribution in [0.15, 0.2) is 34.1 Å². The predicted octanol–water partition coefficient (Wildman–Crippen LogP) is 4.97. The van der Waals surface area contributed by atoms with E-state index in [1.807, 2.05) is 41.4 Å². The highest BCUT2D eigenvalue weighted by Gasteiger charge is 2.31. The first kappa shape index (κ1) is 14.8. The summed E-state index contributed by atoms with van der Waals surface area (Å²) in [6, 6.07) is 8.34. The van der Waals surface area contributed by atoms with E-state index in [1.165, 1.54) is 10.4 Å². The summed E-state index contributed by atoms with van der Waals surface area (Å²) in [4.78, 5) is 16.4. The fourth-order valence-electron chi connectivity index (χ4n) is 3.04. The Morgan fingerprint density at radius 3 is 3.00 bits per heavy atom.